The quantitative estimate of drug-likeness (QED) is 0.825. The van der Waals surface area contributed by atoms with Gasteiger partial charge in [0.25, 0.3) is 10.0 Å². The molecule has 104 valence electrons. The SMILES string of the molecule is Cc1nsc(NS(=O)(=O)c2ccc(C#CCO)cc2)n1. The number of aliphatic hydroxyl groups is 1. The number of rotatable bonds is 3. The Morgan fingerprint density at radius 1 is 1.35 bits per heavy atom. The molecule has 20 heavy (non-hydrogen) atoms. The molecule has 0 radical (unpaired) electrons. The first kappa shape index (κ1) is 14.5. The van der Waals surface area contributed by atoms with Gasteiger partial charge in [0.05, 0.1) is 4.90 Å². The minimum Gasteiger partial charge on any atom is -0.384 e. The molecule has 0 bridgehead atoms. The Kier molecular flexibility index (Phi) is 4.34. The Labute approximate surface area is 120 Å². The monoisotopic (exact) mass is 309 g/mol. The van der Waals surface area contributed by atoms with E-state index in [1.807, 2.05) is 0 Å². The van der Waals surface area contributed by atoms with Gasteiger partial charge >= 0.3 is 0 Å². The van der Waals surface area contributed by atoms with E-state index in [0.717, 1.165) is 11.5 Å². The van der Waals surface area contributed by atoms with E-state index in [9.17, 15) is 8.42 Å². The normalized spacial score (nSPS) is 10.7. The third kappa shape index (κ3) is 3.54. The Morgan fingerprint density at radius 2 is 2.05 bits per heavy atom. The summed E-state index contributed by atoms with van der Waals surface area (Å²) in [5.41, 5.74) is 0.629. The predicted octanol–water partition coefficient (Wildman–Crippen LogP) is 0.991. The molecule has 6 nitrogen and oxygen atoms in total. The van der Waals surface area contributed by atoms with Crippen LogP contribution in [0.1, 0.15) is 11.4 Å². The second kappa shape index (κ2) is 6.00. The minimum atomic E-state index is -3.68. The Morgan fingerprint density at radius 3 is 2.60 bits per heavy atom. The van der Waals surface area contributed by atoms with Gasteiger partial charge in [-0.25, -0.2) is 13.4 Å². The molecule has 1 aromatic heterocycles. The van der Waals surface area contributed by atoms with Crippen LogP contribution in [-0.4, -0.2) is 29.5 Å². The van der Waals surface area contributed by atoms with Crippen molar-refractivity contribution in [2.45, 2.75) is 11.8 Å². The third-order valence-electron chi connectivity index (χ3n) is 2.23. The van der Waals surface area contributed by atoms with Crippen LogP contribution in [0.25, 0.3) is 0 Å². The van der Waals surface area contributed by atoms with Crippen molar-refractivity contribution >= 4 is 26.7 Å². The average molecular weight is 309 g/mol. The molecule has 2 rings (SSSR count). The van der Waals surface area contributed by atoms with Gasteiger partial charge in [-0.2, -0.15) is 4.37 Å². The summed E-state index contributed by atoms with van der Waals surface area (Å²) in [6.07, 6.45) is 0. The van der Waals surface area contributed by atoms with Gasteiger partial charge in [-0.3, -0.25) is 4.72 Å². The van der Waals surface area contributed by atoms with E-state index in [1.54, 1.807) is 19.1 Å². The van der Waals surface area contributed by atoms with Crippen LogP contribution < -0.4 is 4.72 Å². The molecule has 1 heterocycles. The summed E-state index contributed by atoms with van der Waals surface area (Å²) in [5, 5.41) is 8.81. The number of aryl methyl sites for hydroxylation is 1. The first-order chi connectivity index (χ1) is 9.51. The van der Waals surface area contributed by atoms with Crippen LogP contribution in [0.5, 0.6) is 0 Å². The largest absolute Gasteiger partial charge is 0.384 e. The zero-order chi connectivity index (χ0) is 14.6. The highest BCUT2D eigenvalue weighted by Crippen LogP contribution is 2.17. The van der Waals surface area contributed by atoms with Crippen molar-refractivity contribution in [1.29, 1.82) is 0 Å². The molecule has 2 aromatic rings. The van der Waals surface area contributed by atoms with Gasteiger partial charge in [-0.15, -0.1) is 0 Å². The van der Waals surface area contributed by atoms with Crippen LogP contribution in [0.2, 0.25) is 0 Å². The van der Waals surface area contributed by atoms with E-state index < -0.39 is 10.0 Å². The van der Waals surface area contributed by atoms with Crippen molar-refractivity contribution in [2.24, 2.45) is 0 Å². The van der Waals surface area contributed by atoms with Crippen LogP contribution in [0.3, 0.4) is 0 Å². The lowest BCUT2D eigenvalue weighted by Crippen LogP contribution is -2.12. The van der Waals surface area contributed by atoms with Crippen LogP contribution in [0.4, 0.5) is 5.13 Å². The summed E-state index contributed by atoms with van der Waals surface area (Å²) in [4.78, 5) is 4.06. The highest BCUT2D eigenvalue weighted by molar-refractivity contribution is 7.93. The number of aromatic nitrogens is 2. The fourth-order valence-electron chi connectivity index (χ4n) is 1.37. The highest BCUT2D eigenvalue weighted by Gasteiger charge is 2.15. The smallest absolute Gasteiger partial charge is 0.263 e. The van der Waals surface area contributed by atoms with Crippen molar-refractivity contribution in [1.82, 2.24) is 9.36 Å². The van der Waals surface area contributed by atoms with Crippen LogP contribution in [0, 0.1) is 18.8 Å². The molecule has 0 aliphatic heterocycles. The molecule has 8 heteroatoms. The topological polar surface area (TPSA) is 92.2 Å². The van der Waals surface area contributed by atoms with Crippen LogP contribution in [-0.2, 0) is 10.0 Å². The van der Waals surface area contributed by atoms with Crippen molar-refractivity contribution in [3.8, 4) is 11.8 Å². The van der Waals surface area contributed by atoms with Crippen molar-refractivity contribution in [2.75, 3.05) is 11.3 Å². The maximum absolute atomic E-state index is 12.1. The van der Waals surface area contributed by atoms with E-state index in [0.29, 0.717) is 11.4 Å². The van der Waals surface area contributed by atoms with Crippen molar-refractivity contribution in [3.05, 3.63) is 35.7 Å². The van der Waals surface area contributed by atoms with Crippen molar-refractivity contribution < 1.29 is 13.5 Å². The van der Waals surface area contributed by atoms with Crippen LogP contribution in [0.15, 0.2) is 29.2 Å². The number of hydrogen-bond donors (Lipinski definition) is 2. The first-order valence-electron chi connectivity index (χ1n) is 5.54. The van der Waals surface area contributed by atoms with Gasteiger partial charge in [0.1, 0.15) is 12.4 Å². The van der Waals surface area contributed by atoms with E-state index >= 15 is 0 Å². The zero-order valence-electron chi connectivity index (χ0n) is 10.5. The van der Waals surface area contributed by atoms with E-state index in [1.165, 1.54) is 12.1 Å². The zero-order valence-corrected chi connectivity index (χ0v) is 12.1. The fourth-order valence-corrected chi connectivity index (χ4v) is 3.17. The predicted molar refractivity (Wildman–Crippen MR) is 75.9 cm³/mol. The lowest BCUT2D eigenvalue weighted by Gasteiger charge is -2.04. The molecule has 0 aliphatic rings. The second-order valence-electron chi connectivity index (χ2n) is 3.74. The molecule has 0 amide bonds. The molecule has 0 aliphatic carbocycles. The van der Waals surface area contributed by atoms with Gasteiger partial charge in [-0.1, -0.05) is 11.8 Å². The van der Waals surface area contributed by atoms with Crippen molar-refractivity contribution in [3.63, 3.8) is 0 Å². The second-order valence-corrected chi connectivity index (χ2v) is 6.17. The van der Waals surface area contributed by atoms with Gasteiger partial charge in [-0.05, 0) is 31.2 Å². The summed E-state index contributed by atoms with van der Waals surface area (Å²) in [5.74, 6) is 5.70. The molecule has 1 aromatic carbocycles. The molecule has 0 saturated carbocycles. The van der Waals surface area contributed by atoms with Gasteiger partial charge < -0.3 is 5.11 Å². The maximum atomic E-state index is 12.1. The van der Waals surface area contributed by atoms with Gasteiger partial charge in [0.2, 0.25) is 5.13 Å². The number of sulfonamides is 1. The number of aliphatic hydroxyl groups excluding tert-OH is 1. The van der Waals surface area contributed by atoms with Gasteiger partial charge in [0, 0.05) is 17.1 Å². The molecule has 0 fully saturated rings. The molecular formula is C12H11N3O3S2. The number of nitrogens with zero attached hydrogens (tertiary/aromatic N) is 2. The van der Waals surface area contributed by atoms with Gasteiger partial charge in [0.15, 0.2) is 0 Å². The summed E-state index contributed by atoms with van der Waals surface area (Å²) in [6.45, 7) is 1.45. The molecule has 0 saturated heterocycles. The minimum absolute atomic E-state index is 0.111. The number of nitrogens with one attached hydrogen (secondary N) is 1. The molecule has 0 spiro atoms. The molecule has 2 N–H and O–H groups in total. The number of benzene rings is 1. The number of hydrogen-bond acceptors (Lipinski definition) is 6. The summed E-state index contributed by atoms with van der Waals surface area (Å²) >= 11 is 0.984. The summed E-state index contributed by atoms with van der Waals surface area (Å²) < 4.78 is 30.4. The average Bonchev–Trinajstić information content (AvgIpc) is 2.81. The lowest BCUT2D eigenvalue weighted by molar-refractivity contribution is 0.350. The Hall–Kier alpha value is -1.95. The molecule has 0 unspecified atom stereocenters. The lowest BCUT2D eigenvalue weighted by atomic mass is 10.2. The summed E-state index contributed by atoms with van der Waals surface area (Å²) in [6, 6.07) is 6.03. The van der Waals surface area contributed by atoms with E-state index in [-0.39, 0.29) is 16.6 Å². The fraction of sp³-hybridized carbons (Fsp3) is 0.167. The highest BCUT2D eigenvalue weighted by atomic mass is 32.2. The summed E-state index contributed by atoms with van der Waals surface area (Å²) in [7, 11) is -3.68. The molecular weight excluding hydrogens is 298 g/mol. The first-order valence-corrected chi connectivity index (χ1v) is 7.80. The van der Waals surface area contributed by atoms with E-state index in [4.69, 9.17) is 5.11 Å². The molecule has 0 atom stereocenters. The van der Waals surface area contributed by atoms with E-state index in [2.05, 4.69) is 25.9 Å². The standard InChI is InChI=1S/C12H11N3O3S2/c1-9-13-12(19-14-9)15-20(17,18)11-6-4-10(5-7-11)3-2-8-16/h4-7,16H,8H2,1H3,(H,13,14,15). The number of anilines is 1. The van der Waals surface area contributed by atoms with Crippen LogP contribution >= 0.6 is 11.5 Å². The Bertz CT molecular complexity index is 755. The maximum Gasteiger partial charge on any atom is 0.263 e. The Balaban J connectivity index is 2.21. The third-order valence-corrected chi connectivity index (χ3v) is 4.43.